The van der Waals surface area contributed by atoms with Crippen molar-refractivity contribution in [2.45, 2.75) is 0 Å². The standard InChI is InChI=1S/2C3H3FO2.Zn/c2*4-2-1-3(5)6;/h2*1-2H,(H,5,6);/q;;+2/p-2/b2*2-1+;. The van der Waals surface area contributed by atoms with Gasteiger partial charge in [0.1, 0.15) is 0 Å². The molecule has 0 rings (SSSR count). The quantitative estimate of drug-likeness (QED) is 0.434. The average molecular weight is 243 g/mol. The molecule has 0 aromatic carbocycles. The van der Waals surface area contributed by atoms with Crippen molar-refractivity contribution in [2.24, 2.45) is 0 Å². The van der Waals surface area contributed by atoms with Gasteiger partial charge in [0.05, 0.1) is 24.6 Å². The zero-order valence-corrected chi connectivity index (χ0v) is 9.37. The average Bonchev–Trinajstić information content (AvgIpc) is 1.87. The fraction of sp³-hybridized carbons (Fsp3) is 0. The maximum atomic E-state index is 10.6. The Morgan fingerprint density at radius 3 is 1.15 bits per heavy atom. The molecule has 4 nitrogen and oxygen atoms in total. The van der Waals surface area contributed by atoms with Crippen molar-refractivity contribution < 1.29 is 48.1 Å². The van der Waals surface area contributed by atoms with Gasteiger partial charge in [-0.05, 0) is 12.2 Å². The third-order valence-electron chi connectivity index (χ3n) is 0.398. The number of aliphatic carboxylic acids is 2. The Morgan fingerprint density at radius 2 is 1.15 bits per heavy atom. The van der Waals surface area contributed by atoms with Gasteiger partial charge in [0.2, 0.25) is 0 Å². The predicted molar refractivity (Wildman–Crippen MR) is 30.5 cm³/mol. The normalized spacial score (nSPS) is 8.77. The maximum Gasteiger partial charge on any atom is 2.00 e. The van der Waals surface area contributed by atoms with Crippen LogP contribution in [0.15, 0.2) is 24.8 Å². The summed E-state index contributed by atoms with van der Waals surface area (Å²) in [4.78, 5) is 18.3. The summed E-state index contributed by atoms with van der Waals surface area (Å²) < 4.78 is 21.3. The Balaban J connectivity index is -0.000000143. The first kappa shape index (κ1) is 17.9. The molecule has 0 aliphatic rings. The van der Waals surface area contributed by atoms with Crippen molar-refractivity contribution in [1.29, 1.82) is 0 Å². The van der Waals surface area contributed by atoms with Crippen LogP contribution >= 0.6 is 0 Å². The van der Waals surface area contributed by atoms with Crippen LogP contribution in [0.4, 0.5) is 8.78 Å². The molecule has 0 atom stereocenters. The van der Waals surface area contributed by atoms with E-state index in [2.05, 4.69) is 0 Å². The third kappa shape index (κ3) is 35.9. The minimum absolute atomic E-state index is 0. The van der Waals surface area contributed by atoms with Gasteiger partial charge in [-0.1, -0.05) is 0 Å². The van der Waals surface area contributed by atoms with Crippen molar-refractivity contribution in [3.63, 3.8) is 0 Å². The van der Waals surface area contributed by atoms with E-state index in [1.807, 2.05) is 0 Å². The minimum Gasteiger partial charge on any atom is -0.545 e. The van der Waals surface area contributed by atoms with Gasteiger partial charge >= 0.3 is 19.5 Å². The second-order valence-electron chi connectivity index (χ2n) is 1.22. The second kappa shape index (κ2) is 13.5. The van der Waals surface area contributed by atoms with Gasteiger partial charge in [-0.15, -0.1) is 0 Å². The Morgan fingerprint density at radius 1 is 0.923 bits per heavy atom. The van der Waals surface area contributed by atoms with E-state index in [1.54, 1.807) is 0 Å². The van der Waals surface area contributed by atoms with E-state index < -0.39 is 11.9 Å². The van der Waals surface area contributed by atoms with E-state index in [9.17, 15) is 8.78 Å². The molecule has 0 bridgehead atoms. The molecule has 0 radical (unpaired) electrons. The molecule has 7 heteroatoms. The van der Waals surface area contributed by atoms with Gasteiger partial charge in [0, 0.05) is 0 Å². The number of rotatable bonds is 2. The van der Waals surface area contributed by atoms with E-state index in [0.29, 0.717) is 12.2 Å². The van der Waals surface area contributed by atoms with Crippen molar-refractivity contribution in [3.8, 4) is 0 Å². The smallest absolute Gasteiger partial charge is 0.545 e. The molecule has 0 aliphatic carbocycles. The van der Waals surface area contributed by atoms with Crippen LogP contribution in [0.3, 0.4) is 0 Å². The summed E-state index contributed by atoms with van der Waals surface area (Å²) in [5.74, 6) is -3.03. The number of carboxylic acids is 2. The van der Waals surface area contributed by atoms with E-state index in [0.717, 1.165) is 0 Å². The third-order valence-corrected chi connectivity index (χ3v) is 0.398. The number of hydrogen-bond acceptors (Lipinski definition) is 4. The molecule has 0 saturated carbocycles. The van der Waals surface area contributed by atoms with Crippen LogP contribution in [0, 0.1) is 0 Å². The van der Waals surface area contributed by atoms with Crippen LogP contribution in [-0.2, 0) is 29.1 Å². The van der Waals surface area contributed by atoms with Gasteiger partial charge in [0.15, 0.2) is 0 Å². The molecule has 0 unspecified atom stereocenters. The molecule has 0 spiro atoms. The molecule has 0 N–H and O–H groups in total. The number of carboxylic acid groups (broad SMARTS) is 2. The van der Waals surface area contributed by atoms with Crippen LogP contribution in [0.2, 0.25) is 0 Å². The van der Waals surface area contributed by atoms with Crippen molar-refractivity contribution in [2.75, 3.05) is 0 Å². The monoisotopic (exact) mass is 242 g/mol. The van der Waals surface area contributed by atoms with Crippen LogP contribution in [-0.4, -0.2) is 11.9 Å². The Kier molecular flexibility index (Phi) is 18.5. The molecule has 0 heterocycles. The zero-order chi connectivity index (χ0) is 9.98. The summed E-state index contributed by atoms with van der Waals surface area (Å²) in [6.45, 7) is 0. The molecule has 0 aromatic heterocycles. The molecular formula is C6H4F2O4Zn. The van der Waals surface area contributed by atoms with Gasteiger partial charge in [0.25, 0.3) is 0 Å². The van der Waals surface area contributed by atoms with Gasteiger partial charge in [-0.2, -0.15) is 0 Å². The van der Waals surface area contributed by atoms with Gasteiger partial charge < -0.3 is 19.8 Å². The fourth-order valence-electron chi connectivity index (χ4n) is 0.103. The molecule has 68 valence electrons. The molecule has 0 fully saturated rings. The predicted octanol–water partition coefficient (Wildman–Crippen LogP) is -1.56. The van der Waals surface area contributed by atoms with Crippen molar-refractivity contribution >= 4 is 11.9 Å². The van der Waals surface area contributed by atoms with Crippen molar-refractivity contribution in [1.82, 2.24) is 0 Å². The van der Waals surface area contributed by atoms with Crippen molar-refractivity contribution in [3.05, 3.63) is 24.8 Å². The molecule has 0 amide bonds. The van der Waals surface area contributed by atoms with E-state index in [-0.39, 0.29) is 32.1 Å². The fourth-order valence-corrected chi connectivity index (χ4v) is 0.103. The summed E-state index contributed by atoms with van der Waals surface area (Å²) in [5.41, 5.74) is 0. The summed E-state index contributed by atoms with van der Waals surface area (Å²) in [5, 5.41) is 18.3. The largest absolute Gasteiger partial charge is 2.00 e. The summed E-state index contributed by atoms with van der Waals surface area (Å²) in [7, 11) is 0. The molecule has 0 aliphatic heterocycles. The van der Waals surface area contributed by atoms with E-state index in [4.69, 9.17) is 19.8 Å². The van der Waals surface area contributed by atoms with E-state index >= 15 is 0 Å². The molecule has 13 heavy (non-hydrogen) atoms. The van der Waals surface area contributed by atoms with Crippen LogP contribution in [0.1, 0.15) is 0 Å². The number of hydrogen-bond donors (Lipinski definition) is 0. The van der Waals surface area contributed by atoms with Gasteiger partial charge in [-0.25, -0.2) is 8.78 Å². The summed E-state index contributed by atoms with van der Waals surface area (Å²) in [6.07, 6.45) is 0.435. The first-order valence-corrected chi connectivity index (χ1v) is 2.50. The topological polar surface area (TPSA) is 80.3 Å². The number of halogens is 2. The Hall–Kier alpha value is -1.10. The number of carbonyl (C=O) groups excluding carboxylic acids is 2. The first-order chi connectivity index (χ1) is 5.54. The van der Waals surface area contributed by atoms with Crippen LogP contribution in [0.25, 0.3) is 0 Å². The molecular weight excluding hydrogens is 239 g/mol. The van der Waals surface area contributed by atoms with E-state index in [1.165, 1.54) is 0 Å². The zero-order valence-electron chi connectivity index (χ0n) is 6.41. The summed E-state index contributed by atoms with van der Waals surface area (Å²) in [6, 6.07) is 0. The van der Waals surface area contributed by atoms with Gasteiger partial charge in [-0.3, -0.25) is 0 Å². The Bertz CT molecular complexity index is 181. The van der Waals surface area contributed by atoms with Crippen LogP contribution in [0.5, 0.6) is 0 Å². The second-order valence-corrected chi connectivity index (χ2v) is 1.22. The molecule has 0 aromatic rings. The number of carbonyl (C=O) groups is 2. The minimum atomic E-state index is -1.52. The summed E-state index contributed by atoms with van der Waals surface area (Å²) >= 11 is 0. The van der Waals surface area contributed by atoms with Crippen LogP contribution < -0.4 is 10.2 Å². The molecule has 0 saturated heterocycles. The first-order valence-electron chi connectivity index (χ1n) is 2.50. The Labute approximate surface area is 85.3 Å². The maximum absolute atomic E-state index is 10.6. The SMILES string of the molecule is O=C([O-])/C=C/F.O=C([O-])/C=C/F.[Zn+2].